The quantitative estimate of drug-likeness (QED) is 0.759. The van der Waals surface area contributed by atoms with Crippen molar-refractivity contribution in [3.8, 4) is 0 Å². The second kappa shape index (κ2) is 8.55. The Bertz CT molecular complexity index is 1050. The van der Waals surface area contributed by atoms with E-state index in [0.29, 0.717) is 18.9 Å². The normalized spacial score (nSPS) is 19.5. The predicted octanol–water partition coefficient (Wildman–Crippen LogP) is 2.75. The van der Waals surface area contributed by atoms with Gasteiger partial charge in [0, 0.05) is 30.5 Å². The van der Waals surface area contributed by atoms with Crippen molar-refractivity contribution in [2.24, 2.45) is 0 Å². The summed E-state index contributed by atoms with van der Waals surface area (Å²) in [6, 6.07) is 12.8. The minimum atomic E-state index is -3.76. The number of nitrogens with one attached hydrogen (secondary N) is 1. The van der Waals surface area contributed by atoms with Crippen molar-refractivity contribution in [3.63, 3.8) is 0 Å². The van der Waals surface area contributed by atoms with Gasteiger partial charge in [-0.05, 0) is 43.2 Å². The van der Waals surface area contributed by atoms with Crippen LogP contribution in [0.1, 0.15) is 12.5 Å². The van der Waals surface area contributed by atoms with Gasteiger partial charge in [0.1, 0.15) is 4.90 Å². The number of rotatable bonds is 5. The van der Waals surface area contributed by atoms with Gasteiger partial charge >= 0.3 is 0 Å². The summed E-state index contributed by atoms with van der Waals surface area (Å²) in [7, 11) is -3.76. The van der Waals surface area contributed by atoms with Gasteiger partial charge < -0.3 is 15.0 Å². The van der Waals surface area contributed by atoms with E-state index < -0.39 is 10.0 Å². The standard InChI is InChI=1S/C21H24ClN3O4S/c1-15-12-16-4-2-3-5-19(16)25(15)14-21(26)23-17-6-7-18(22)20(13-17)30(27,28)24-8-10-29-11-9-24/h2-7,13,15H,8-12,14H2,1H3,(H,23,26). The summed E-state index contributed by atoms with van der Waals surface area (Å²) >= 11 is 6.19. The molecule has 0 aliphatic carbocycles. The molecule has 1 atom stereocenters. The minimum Gasteiger partial charge on any atom is -0.379 e. The van der Waals surface area contributed by atoms with Gasteiger partial charge in [0.25, 0.3) is 0 Å². The van der Waals surface area contributed by atoms with Crippen LogP contribution in [0.2, 0.25) is 5.02 Å². The van der Waals surface area contributed by atoms with Crippen LogP contribution in [0.5, 0.6) is 0 Å². The minimum absolute atomic E-state index is 0.0104. The Morgan fingerprint density at radius 1 is 1.20 bits per heavy atom. The third kappa shape index (κ3) is 4.18. The van der Waals surface area contributed by atoms with Crippen molar-refractivity contribution in [3.05, 3.63) is 53.1 Å². The highest BCUT2D eigenvalue weighted by Gasteiger charge is 2.30. The fraction of sp³-hybridized carbons (Fsp3) is 0.381. The van der Waals surface area contributed by atoms with Crippen molar-refractivity contribution in [2.75, 3.05) is 43.1 Å². The summed E-state index contributed by atoms with van der Waals surface area (Å²) in [5, 5.41) is 2.94. The zero-order valence-corrected chi connectivity index (χ0v) is 18.2. The lowest BCUT2D eigenvalue weighted by molar-refractivity contribution is -0.115. The van der Waals surface area contributed by atoms with Gasteiger partial charge in [-0.1, -0.05) is 29.8 Å². The summed E-state index contributed by atoms with van der Waals surface area (Å²) in [6.07, 6.45) is 0.895. The Balaban J connectivity index is 1.50. The molecule has 0 aromatic heterocycles. The monoisotopic (exact) mass is 449 g/mol. The first-order valence-electron chi connectivity index (χ1n) is 9.88. The molecule has 1 saturated heterocycles. The van der Waals surface area contributed by atoms with Crippen LogP contribution >= 0.6 is 11.6 Å². The van der Waals surface area contributed by atoms with E-state index in [2.05, 4.69) is 23.2 Å². The van der Waals surface area contributed by atoms with Crippen LogP contribution in [-0.2, 0) is 26.0 Å². The molecule has 1 unspecified atom stereocenters. The van der Waals surface area contributed by atoms with Gasteiger partial charge in [0.05, 0.1) is 24.8 Å². The van der Waals surface area contributed by atoms with Crippen molar-refractivity contribution in [2.45, 2.75) is 24.3 Å². The van der Waals surface area contributed by atoms with E-state index in [-0.39, 0.29) is 41.5 Å². The third-order valence-corrected chi connectivity index (χ3v) is 7.85. The van der Waals surface area contributed by atoms with Crippen LogP contribution in [0.4, 0.5) is 11.4 Å². The average molecular weight is 450 g/mol. The van der Waals surface area contributed by atoms with Crippen molar-refractivity contribution >= 4 is 38.9 Å². The van der Waals surface area contributed by atoms with Crippen molar-refractivity contribution < 1.29 is 17.9 Å². The maximum atomic E-state index is 13.0. The number of nitrogens with zero attached hydrogens (tertiary/aromatic N) is 2. The highest BCUT2D eigenvalue weighted by molar-refractivity contribution is 7.89. The number of morpholine rings is 1. The summed E-state index contributed by atoms with van der Waals surface area (Å²) in [5.41, 5.74) is 2.69. The number of benzene rings is 2. The van der Waals surface area contributed by atoms with Gasteiger partial charge in [-0.2, -0.15) is 4.31 Å². The molecule has 9 heteroatoms. The number of carbonyl (C=O) groups excluding carboxylic acids is 1. The molecule has 160 valence electrons. The van der Waals surface area contributed by atoms with Crippen LogP contribution < -0.4 is 10.2 Å². The molecule has 30 heavy (non-hydrogen) atoms. The number of fused-ring (bicyclic) bond motifs is 1. The number of carbonyl (C=O) groups is 1. The van der Waals surface area contributed by atoms with Crippen LogP contribution in [-0.4, -0.2) is 57.5 Å². The predicted molar refractivity (Wildman–Crippen MR) is 117 cm³/mol. The second-order valence-electron chi connectivity index (χ2n) is 7.52. The van der Waals surface area contributed by atoms with E-state index in [4.69, 9.17) is 16.3 Å². The van der Waals surface area contributed by atoms with Crippen LogP contribution in [0.15, 0.2) is 47.4 Å². The molecule has 0 saturated carbocycles. The second-order valence-corrected chi connectivity index (χ2v) is 9.83. The lowest BCUT2D eigenvalue weighted by atomic mass is 10.1. The molecule has 4 rings (SSSR count). The summed E-state index contributed by atoms with van der Waals surface area (Å²) in [4.78, 5) is 14.8. The lowest BCUT2D eigenvalue weighted by Gasteiger charge is -2.26. The molecule has 0 bridgehead atoms. The number of halogens is 1. The zero-order chi connectivity index (χ0) is 21.3. The molecule has 2 aromatic carbocycles. The lowest BCUT2D eigenvalue weighted by Crippen LogP contribution is -2.40. The molecule has 1 fully saturated rings. The highest BCUT2D eigenvalue weighted by Crippen LogP contribution is 2.32. The average Bonchev–Trinajstić information content (AvgIpc) is 3.05. The van der Waals surface area contributed by atoms with Crippen LogP contribution in [0, 0.1) is 0 Å². The maximum Gasteiger partial charge on any atom is 0.244 e. The molecule has 2 aliphatic rings. The Hall–Kier alpha value is -2.13. The van der Waals surface area contributed by atoms with Crippen LogP contribution in [0.3, 0.4) is 0 Å². The topological polar surface area (TPSA) is 79.0 Å². The van der Waals surface area contributed by atoms with E-state index in [1.807, 2.05) is 18.2 Å². The van der Waals surface area contributed by atoms with E-state index in [1.54, 1.807) is 6.07 Å². The fourth-order valence-corrected chi connectivity index (χ4v) is 5.84. The van der Waals surface area contributed by atoms with E-state index in [1.165, 1.54) is 22.0 Å². The molecule has 0 spiro atoms. The molecule has 2 heterocycles. The molecular formula is C21H24ClN3O4S. The Labute approximate surface area is 181 Å². The van der Waals surface area contributed by atoms with Gasteiger partial charge in [-0.3, -0.25) is 4.79 Å². The van der Waals surface area contributed by atoms with Gasteiger partial charge in [-0.15, -0.1) is 0 Å². The molecule has 1 N–H and O–H groups in total. The zero-order valence-electron chi connectivity index (χ0n) is 16.7. The van der Waals surface area contributed by atoms with E-state index >= 15 is 0 Å². The van der Waals surface area contributed by atoms with Crippen molar-refractivity contribution in [1.82, 2.24) is 4.31 Å². The number of hydrogen-bond acceptors (Lipinski definition) is 5. The molecule has 2 aliphatic heterocycles. The number of anilines is 2. The van der Waals surface area contributed by atoms with Gasteiger partial charge in [0.15, 0.2) is 0 Å². The Morgan fingerprint density at radius 3 is 2.70 bits per heavy atom. The van der Waals surface area contributed by atoms with Crippen LogP contribution in [0.25, 0.3) is 0 Å². The number of hydrogen-bond donors (Lipinski definition) is 1. The van der Waals surface area contributed by atoms with Crippen molar-refractivity contribution in [1.29, 1.82) is 0 Å². The largest absolute Gasteiger partial charge is 0.379 e. The van der Waals surface area contributed by atoms with E-state index in [0.717, 1.165) is 12.1 Å². The molecule has 7 nitrogen and oxygen atoms in total. The first kappa shape index (κ1) is 21.1. The fourth-order valence-electron chi connectivity index (χ4n) is 3.93. The molecule has 0 radical (unpaired) electrons. The summed E-state index contributed by atoms with van der Waals surface area (Å²) < 4.78 is 32.5. The summed E-state index contributed by atoms with van der Waals surface area (Å²) in [5.74, 6) is -0.212. The SMILES string of the molecule is CC1Cc2ccccc2N1CC(=O)Nc1ccc(Cl)c(S(=O)(=O)N2CCOCC2)c1. The first-order chi connectivity index (χ1) is 14.4. The molecular weight excluding hydrogens is 426 g/mol. The number of para-hydroxylation sites is 1. The number of sulfonamides is 1. The van der Waals surface area contributed by atoms with E-state index in [9.17, 15) is 13.2 Å². The first-order valence-corrected chi connectivity index (χ1v) is 11.7. The van der Waals surface area contributed by atoms with Gasteiger partial charge in [0.2, 0.25) is 15.9 Å². The maximum absolute atomic E-state index is 13.0. The highest BCUT2D eigenvalue weighted by atomic mass is 35.5. The smallest absolute Gasteiger partial charge is 0.244 e. The molecule has 2 aromatic rings. The Morgan fingerprint density at radius 2 is 1.93 bits per heavy atom. The Kier molecular flexibility index (Phi) is 6.02. The van der Waals surface area contributed by atoms with Gasteiger partial charge in [-0.25, -0.2) is 8.42 Å². The summed E-state index contributed by atoms with van der Waals surface area (Å²) in [6.45, 7) is 3.53. The third-order valence-electron chi connectivity index (χ3n) is 5.47. The number of ether oxygens (including phenoxy) is 1. The number of amides is 1. The molecule has 1 amide bonds.